The second-order valence-electron chi connectivity index (χ2n) is 10.8. The van der Waals surface area contributed by atoms with Crippen LogP contribution in [-0.2, 0) is 11.2 Å². The number of fused-ring (bicyclic) bond motifs is 3. The summed E-state index contributed by atoms with van der Waals surface area (Å²) in [6.07, 6.45) is -1.36. The minimum Gasteiger partial charge on any atom is -0.481 e. The fraction of sp³-hybridized carbons (Fsp3) is 0.387. The van der Waals surface area contributed by atoms with Gasteiger partial charge in [0.1, 0.15) is 23.7 Å². The van der Waals surface area contributed by atoms with Crippen LogP contribution in [0.4, 0.5) is 4.39 Å². The monoisotopic (exact) mass is 540 g/mol. The zero-order valence-corrected chi connectivity index (χ0v) is 22.0. The number of aliphatic hydroxyl groups excluding tert-OH is 1. The molecule has 6 rings (SSSR count). The molecule has 9 heteroatoms. The van der Waals surface area contributed by atoms with E-state index in [9.17, 15) is 25.1 Å². The van der Waals surface area contributed by atoms with Crippen molar-refractivity contribution in [3.63, 3.8) is 0 Å². The lowest BCUT2D eigenvalue weighted by molar-refractivity contribution is -0.152. The molecule has 0 spiro atoms. The van der Waals surface area contributed by atoms with Crippen molar-refractivity contribution in [2.45, 2.75) is 42.2 Å². The van der Waals surface area contributed by atoms with E-state index in [4.69, 9.17) is 9.47 Å². The number of nitriles is 2. The van der Waals surface area contributed by atoms with Gasteiger partial charge in [0.2, 0.25) is 5.88 Å². The number of hydrogen-bond donors (Lipinski definition) is 2. The molecule has 5 atom stereocenters. The van der Waals surface area contributed by atoms with Crippen LogP contribution in [0.1, 0.15) is 46.7 Å². The Morgan fingerprint density at radius 3 is 2.42 bits per heavy atom. The first-order valence-electron chi connectivity index (χ1n) is 13.4. The largest absolute Gasteiger partial charge is 0.481 e. The van der Waals surface area contributed by atoms with E-state index in [1.807, 2.05) is 36.4 Å². The average Bonchev–Trinajstić information content (AvgIpc) is 3.36. The Labute approximate surface area is 231 Å². The third-order valence-corrected chi connectivity index (χ3v) is 8.76. The Hall–Kier alpha value is -4.02. The summed E-state index contributed by atoms with van der Waals surface area (Å²) in [6, 6.07) is 21.9. The summed E-state index contributed by atoms with van der Waals surface area (Å²) in [7, 11) is 1.39. The molecule has 2 fully saturated rings. The lowest BCUT2D eigenvalue weighted by atomic mass is 9.70. The molecule has 2 aliphatic heterocycles. The highest BCUT2D eigenvalue weighted by Crippen LogP contribution is 2.69. The maximum atomic E-state index is 14.0. The minimum absolute atomic E-state index is 0.00294. The van der Waals surface area contributed by atoms with Gasteiger partial charge in [0, 0.05) is 37.5 Å². The molecule has 3 aromatic rings. The SMILES string of the molecule is COc1nc(C#N)cc2c1[C@]1(O)[C@H](O)[C@H](CN3CCC(F)CC3)[C@@H](c3ccccc3)[C@]1(c1ccc(C#N)cc1)O2. The van der Waals surface area contributed by atoms with Crippen LogP contribution >= 0.6 is 0 Å². The van der Waals surface area contributed by atoms with Gasteiger partial charge in [0.25, 0.3) is 0 Å². The quantitative estimate of drug-likeness (QED) is 0.504. The van der Waals surface area contributed by atoms with Gasteiger partial charge in [0.05, 0.1) is 30.4 Å². The summed E-state index contributed by atoms with van der Waals surface area (Å²) in [6.45, 7) is 1.49. The van der Waals surface area contributed by atoms with Gasteiger partial charge < -0.3 is 24.6 Å². The molecule has 8 nitrogen and oxygen atoms in total. The standard InChI is InChI=1S/C31H29FN4O4/c1-39-29-27-25(15-23(17-34)35-29)40-31(21-9-7-19(16-33)8-10-21)26(20-5-3-2-4-6-20)24(28(37)30(27,31)38)18-36-13-11-22(32)12-14-36/h2-10,15,22,24,26,28,37-38H,11-14,18H2,1H3/t24-,26-,28-,30+,31+/m1/s1. The molecular weight excluding hydrogens is 511 g/mol. The van der Waals surface area contributed by atoms with E-state index in [-0.39, 0.29) is 22.9 Å². The van der Waals surface area contributed by atoms with Gasteiger partial charge in [-0.25, -0.2) is 9.37 Å². The smallest absolute Gasteiger partial charge is 0.224 e. The van der Waals surface area contributed by atoms with Crippen molar-refractivity contribution in [2.24, 2.45) is 5.92 Å². The van der Waals surface area contributed by atoms with Crippen LogP contribution < -0.4 is 9.47 Å². The molecule has 3 heterocycles. The average molecular weight is 541 g/mol. The van der Waals surface area contributed by atoms with E-state index in [0.717, 1.165) is 5.56 Å². The van der Waals surface area contributed by atoms with Crippen molar-refractivity contribution in [1.29, 1.82) is 10.5 Å². The first kappa shape index (κ1) is 26.2. The lowest BCUT2D eigenvalue weighted by Gasteiger charge is -2.41. The molecule has 0 bridgehead atoms. The van der Waals surface area contributed by atoms with Crippen molar-refractivity contribution in [3.05, 3.63) is 88.6 Å². The molecule has 1 saturated carbocycles. The number of pyridine rings is 1. The van der Waals surface area contributed by atoms with Gasteiger partial charge in [-0.05, 0) is 36.1 Å². The fourth-order valence-electron chi connectivity index (χ4n) is 7.01. The van der Waals surface area contributed by atoms with Gasteiger partial charge >= 0.3 is 0 Å². The number of methoxy groups -OCH3 is 1. The van der Waals surface area contributed by atoms with Gasteiger partial charge in [-0.1, -0.05) is 42.5 Å². The van der Waals surface area contributed by atoms with Gasteiger partial charge in [-0.2, -0.15) is 10.5 Å². The molecule has 1 saturated heterocycles. The number of rotatable bonds is 5. The molecule has 40 heavy (non-hydrogen) atoms. The predicted molar refractivity (Wildman–Crippen MR) is 142 cm³/mol. The number of halogens is 1. The lowest BCUT2D eigenvalue weighted by Crippen LogP contribution is -2.52. The van der Waals surface area contributed by atoms with E-state index in [1.165, 1.54) is 13.2 Å². The fourth-order valence-corrected chi connectivity index (χ4v) is 7.01. The van der Waals surface area contributed by atoms with Crippen molar-refractivity contribution in [1.82, 2.24) is 9.88 Å². The molecular formula is C31H29FN4O4. The Kier molecular flexibility index (Phi) is 6.47. The molecule has 0 unspecified atom stereocenters. The van der Waals surface area contributed by atoms with Crippen LogP contribution in [-0.4, -0.2) is 59.1 Å². The maximum absolute atomic E-state index is 14.0. The Bertz CT molecular complexity index is 1500. The highest BCUT2D eigenvalue weighted by Gasteiger charge is 2.77. The summed E-state index contributed by atoms with van der Waals surface area (Å²) in [4.78, 5) is 6.42. The number of benzene rings is 2. The number of piperidine rings is 1. The predicted octanol–water partition coefficient (Wildman–Crippen LogP) is 3.52. The second-order valence-corrected chi connectivity index (χ2v) is 10.8. The van der Waals surface area contributed by atoms with E-state index >= 15 is 0 Å². The molecule has 0 radical (unpaired) electrons. The second kappa shape index (κ2) is 9.87. The summed E-state index contributed by atoms with van der Waals surface area (Å²) < 4.78 is 26.4. The number of aromatic nitrogens is 1. The molecule has 1 aromatic heterocycles. The van der Waals surface area contributed by atoms with Crippen LogP contribution in [0.3, 0.4) is 0 Å². The number of alkyl halides is 1. The normalized spacial score (nSPS) is 29.6. The van der Waals surface area contributed by atoms with Crippen molar-refractivity contribution in [3.8, 4) is 23.8 Å². The summed E-state index contributed by atoms with van der Waals surface area (Å²) in [5, 5.41) is 44.2. The molecule has 1 aliphatic carbocycles. The number of nitrogens with zero attached hydrogens (tertiary/aromatic N) is 4. The molecule has 0 amide bonds. The van der Waals surface area contributed by atoms with Gasteiger partial charge in [0.15, 0.2) is 11.2 Å². The maximum Gasteiger partial charge on any atom is 0.224 e. The Balaban J connectivity index is 1.61. The summed E-state index contributed by atoms with van der Waals surface area (Å²) in [5.41, 5.74) is -1.54. The van der Waals surface area contributed by atoms with E-state index in [1.54, 1.807) is 24.3 Å². The van der Waals surface area contributed by atoms with E-state index in [2.05, 4.69) is 16.0 Å². The summed E-state index contributed by atoms with van der Waals surface area (Å²) in [5.74, 6) is -0.913. The van der Waals surface area contributed by atoms with Crippen molar-refractivity contribution in [2.75, 3.05) is 26.7 Å². The van der Waals surface area contributed by atoms with Crippen LogP contribution in [0, 0.1) is 28.6 Å². The van der Waals surface area contributed by atoms with Crippen molar-refractivity contribution < 1.29 is 24.1 Å². The first-order valence-corrected chi connectivity index (χ1v) is 13.4. The van der Waals surface area contributed by atoms with Crippen molar-refractivity contribution >= 4 is 0 Å². The van der Waals surface area contributed by atoms with Gasteiger partial charge in [-0.15, -0.1) is 0 Å². The minimum atomic E-state index is -2.04. The zero-order chi connectivity index (χ0) is 28.1. The van der Waals surface area contributed by atoms with E-state index in [0.29, 0.717) is 43.6 Å². The molecule has 3 aliphatic rings. The van der Waals surface area contributed by atoms with Crippen LogP contribution in [0.25, 0.3) is 0 Å². The van der Waals surface area contributed by atoms with Crippen LogP contribution in [0.2, 0.25) is 0 Å². The summed E-state index contributed by atoms with van der Waals surface area (Å²) >= 11 is 0. The highest BCUT2D eigenvalue weighted by molar-refractivity contribution is 5.60. The molecule has 2 aromatic carbocycles. The Morgan fingerprint density at radius 1 is 1.10 bits per heavy atom. The topological polar surface area (TPSA) is 123 Å². The number of aliphatic hydroxyl groups is 2. The number of ether oxygens (including phenoxy) is 2. The van der Waals surface area contributed by atoms with E-state index < -0.39 is 35.3 Å². The zero-order valence-electron chi connectivity index (χ0n) is 22.0. The molecule has 2 N–H and O–H groups in total. The highest BCUT2D eigenvalue weighted by atomic mass is 19.1. The first-order chi connectivity index (χ1) is 19.4. The van der Waals surface area contributed by atoms with Gasteiger partial charge in [-0.3, -0.25) is 0 Å². The van der Waals surface area contributed by atoms with Crippen LogP contribution in [0.5, 0.6) is 11.6 Å². The third kappa shape index (κ3) is 3.70. The Morgan fingerprint density at radius 2 is 1.80 bits per heavy atom. The number of likely N-dealkylation sites (tertiary alicyclic amines) is 1. The van der Waals surface area contributed by atoms with Crippen LogP contribution in [0.15, 0.2) is 60.7 Å². The number of hydrogen-bond acceptors (Lipinski definition) is 8. The third-order valence-electron chi connectivity index (χ3n) is 8.76. The molecule has 204 valence electrons.